The summed E-state index contributed by atoms with van der Waals surface area (Å²) in [5, 5.41) is 0. The highest BCUT2D eigenvalue weighted by atomic mass is 16.5. The van der Waals surface area contributed by atoms with E-state index in [1.807, 2.05) is 0 Å². The molecule has 148 valence electrons. The minimum Gasteiger partial charge on any atom is -0.378 e. The van der Waals surface area contributed by atoms with Crippen molar-refractivity contribution in [3.05, 3.63) is 0 Å². The van der Waals surface area contributed by atoms with Crippen LogP contribution in [0.4, 0.5) is 0 Å². The van der Waals surface area contributed by atoms with Crippen LogP contribution in [0.15, 0.2) is 0 Å². The van der Waals surface area contributed by atoms with Crippen LogP contribution in [0, 0.1) is 29.6 Å². The van der Waals surface area contributed by atoms with Crippen LogP contribution in [0.3, 0.4) is 0 Å². The van der Waals surface area contributed by atoms with Gasteiger partial charge in [-0.3, -0.25) is 0 Å². The molecule has 4 atom stereocenters. The number of rotatable bonds is 10. The quantitative estimate of drug-likeness (QED) is 0.368. The summed E-state index contributed by atoms with van der Waals surface area (Å²) in [7, 11) is 0. The molecule has 0 spiro atoms. The third kappa shape index (κ3) is 6.56. The van der Waals surface area contributed by atoms with Crippen molar-refractivity contribution >= 4 is 0 Å². The highest BCUT2D eigenvalue weighted by molar-refractivity contribution is 4.89. The molecule has 0 heterocycles. The average molecular weight is 351 g/mol. The standard InChI is InChI=1S/C24H46O/c1-5-7-9-10-18-25-24-17-16-23(19(3)20(24)4)22-14-12-21(13-15-22)11-8-6-2/h19-24H,5-18H2,1-4H3. The summed E-state index contributed by atoms with van der Waals surface area (Å²) < 4.78 is 6.31. The number of unbranched alkanes of at least 4 members (excludes halogenated alkanes) is 4. The van der Waals surface area contributed by atoms with Crippen molar-refractivity contribution in [2.45, 2.75) is 117 Å². The van der Waals surface area contributed by atoms with Crippen LogP contribution in [-0.2, 0) is 4.74 Å². The molecule has 1 heteroatoms. The van der Waals surface area contributed by atoms with Crippen molar-refractivity contribution in [2.24, 2.45) is 29.6 Å². The molecule has 2 rings (SSSR count). The van der Waals surface area contributed by atoms with E-state index >= 15 is 0 Å². The van der Waals surface area contributed by atoms with E-state index in [0.29, 0.717) is 6.10 Å². The zero-order chi connectivity index (χ0) is 18.1. The molecule has 2 aliphatic rings. The van der Waals surface area contributed by atoms with Crippen molar-refractivity contribution in [3.8, 4) is 0 Å². The number of hydrogen-bond acceptors (Lipinski definition) is 1. The SMILES string of the molecule is CCCCCCOC1CCC(C2CCC(CCCC)CC2)C(C)C1C. The van der Waals surface area contributed by atoms with E-state index in [9.17, 15) is 0 Å². The van der Waals surface area contributed by atoms with Gasteiger partial charge in [0.05, 0.1) is 6.10 Å². The van der Waals surface area contributed by atoms with E-state index in [1.165, 1.54) is 83.5 Å². The van der Waals surface area contributed by atoms with E-state index in [-0.39, 0.29) is 0 Å². The fourth-order valence-corrected chi connectivity index (χ4v) is 5.67. The van der Waals surface area contributed by atoms with Gasteiger partial charge in [0.15, 0.2) is 0 Å². The molecule has 4 unspecified atom stereocenters. The first-order chi connectivity index (χ1) is 12.2. The third-order valence-corrected chi connectivity index (χ3v) is 7.67. The Hall–Kier alpha value is -0.0400. The van der Waals surface area contributed by atoms with Crippen LogP contribution in [-0.4, -0.2) is 12.7 Å². The number of hydrogen-bond donors (Lipinski definition) is 0. The lowest BCUT2D eigenvalue weighted by molar-refractivity contribution is -0.0562. The molecule has 2 saturated carbocycles. The zero-order valence-corrected chi connectivity index (χ0v) is 17.8. The first-order valence-corrected chi connectivity index (χ1v) is 11.8. The molecule has 0 aromatic rings. The van der Waals surface area contributed by atoms with Gasteiger partial charge in [-0.25, -0.2) is 0 Å². The van der Waals surface area contributed by atoms with Crippen LogP contribution < -0.4 is 0 Å². The summed E-state index contributed by atoms with van der Waals surface area (Å²) in [5.41, 5.74) is 0. The predicted octanol–water partition coefficient (Wildman–Crippen LogP) is 7.63. The van der Waals surface area contributed by atoms with Gasteiger partial charge < -0.3 is 4.74 Å². The van der Waals surface area contributed by atoms with E-state index in [4.69, 9.17) is 4.74 Å². The van der Waals surface area contributed by atoms with Crippen molar-refractivity contribution in [2.75, 3.05) is 6.61 Å². The molecular formula is C24H46O. The fourth-order valence-electron chi connectivity index (χ4n) is 5.67. The van der Waals surface area contributed by atoms with Gasteiger partial charge >= 0.3 is 0 Å². The fraction of sp³-hybridized carbons (Fsp3) is 1.00. The second kappa shape index (κ2) is 11.6. The number of ether oxygens (including phenoxy) is 1. The van der Waals surface area contributed by atoms with Gasteiger partial charge in [0.1, 0.15) is 0 Å². The first kappa shape index (κ1) is 21.3. The molecule has 25 heavy (non-hydrogen) atoms. The third-order valence-electron chi connectivity index (χ3n) is 7.67. The van der Waals surface area contributed by atoms with E-state index < -0.39 is 0 Å². The average Bonchev–Trinajstić information content (AvgIpc) is 2.64. The Morgan fingerprint density at radius 3 is 2.12 bits per heavy atom. The summed E-state index contributed by atoms with van der Waals surface area (Å²) in [4.78, 5) is 0. The smallest absolute Gasteiger partial charge is 0.0603 e. The maximum atomic E-state index is 6.31. The molecule has 1 nitrogen and oxygen atoms in total. The Labute approximate surface area is 158 Å². The van der Waals surface area contributed by atoms with Gasteiger partial charge in [-0.2, -0.15) is 0 Å². The maximum Gasteiger partial charge on any atom is 0.0603 e. The Morgan fingerprint density at radius 2 is 1.44 bits per heavy atom. The Kier molecular flexibility index (Phi) is 9.89. The highest BCUT2D eigenvalue weighted by Crippen LogP contribution is 2.46. The highest BCUT2D eigenvalue weighted by Gasteiger charge is 2.39. The van der Waals surface area contributed by atoms with Crippen molar-refractivity contribution < 1.29 is 4.74 Å². The van der Waals surface area contributed by atoms with Gasteiger partial charge in [-0.15, -0.1) is 0 Å². The predicted molar refractivity (Wildman–Crippen MR) is 110 cm³/mol. The molecule has 0 radical (unpaired) electrons. The Morgan fingerprint density at radius 1 is 0.720 bits per heavy atom. The molecule has 0 amide bonds. The van der Waals surface area contributed by atoms with Crippen LogP contribution in [0.2, 0.25) is 0 Å². The normalized spacial score (nSPS) is 36.5. The van der Waals surface area contributed by atoms with Crippen molar-refractivity contribution in [3.63, 3.8) is 0 Å². The van der Waals surface area contributed by atoms with Crippen LogP contribution >= 0.6 is 0 Å². The summed E-state index contributed by atoms with van der Waals surface area (Å²) in [6.45, 7) is 10.6. The van der Waals surface area contributed by atoms with Gasteiger partial charge in [-0.1, -0.05) is 79.1 Å². The lowest BCUT2D eigenvalue weighted by Gasteiger charge is -2.45. The van der Waals surface area contributed by atoms with Crippen molar-refractivity contribution in [1.82, 2.24) is 0 Å². The molecule has 0 bridgehead atoms. The first-order valence-electron chi connectivity index (χ1n) is 11.8. The second-order valence-corrected chi connectivity index (χ2v) is 9.35. The van der Waals surface area contributed by atoms with Crippen LogP contribution in [0.25, 0.3) is 0 Å². The lowest BCUT2D eigenvalue weighted by Crippen LogP contribution is -2.40. The molecule has 0 aromatic heterocycles. The topological polar surface area (TPSA) is 9.23 Å². The monoisotopic (exact) mass is 350 g/mol. The molecule has 0 aromatic carbocycles. The minimum atomic E-state index is 0.536. The molecule has 2 fully saturated rings. The summed E-state index contributed by atoms with van der Waals surface area (Å²) in [6.07, 6.45) is 18.9. The zero-order valence-electron chi connectivity index (χ0n) is 17.8. The summed E-state index contributed by atoms with van der Waals surface area (Å²) >= 11 is 0. The molecule has 0 aliphatic heterocycles. The molecule has 0 saturated heterocycles. The molecule has 2 aliphatic carbocycles. The minimum absolute atomic E-state index is 0.536. The van der Waals surface area contributed by atoms with Gasteiger partial charge in [0.25, 0.3) is 0 Å². The molecular weight excluding hydrogens is 304 g/mol. The van der Waals surface area contributed by atoms with Crippen LogP contribution in [0.1, 0.15) is 111 Å². The van der Waals surface area contributed by atoms with Crippen molar-refractivity contribution in [1.29, 1.82) is 0 Å². The largest absolute Gasteiger partial charge is 0.378 e. The van der Waals surface area contributed by atoms with E-state index in [0.717, 1.165) is 36.2 Å². The second-order valence-electron chi connectivity index (χ2n) is 9.35. The summed E-state index contributed by atoms with van der Waals surface area (Å²) in [5.74, 6) is 4.64. The van der Waals surface area contributed by atoms with Gasteiger partial charge in [0, 0.05) is 6.61 Å². The maximum absolute atomic E-state index is 6.31. The Balaban J connectivity index is 1.71. The van der Waals surface area contributed by atoms with Gasteiger partial charge in [0.2, 0.25) is 0 Å². The Bertz CT molecular complexity index is 331. The van der Waals surface area contributed by atoms with E-state index in [2.05, 4.69) is 27.7 Å². The molecule has 0 N–H and O–H groups in total. The van der Waals surface area contributed by atoms with Crippen LogP contribution in [0.5, 0.6) is 0 Å². The van der Waals surface area contributed by atoms with E-state index in [1.54, 1.807) is 0 Å². The van der Waals surface area contributed by atoms with Gasteiger partial charge in [-0.05, 0) is 61.7 Å². The lowest BCUT2D eigenvalue weighted by atomic mass is 9.63. The summed E-state index contributed by atoms with van der Waals surface area (Å²) in [6, 6.07) is 0.